The lowest BCUT2D eigenvalue weighted by Gasteiger charge is -2.24. The van der Waals surface area contributed by atoms with Gasteiger partial charge in [-0.05, 0) is 46.9 Å². The van der Waals surface area contributed by atoms with E-state index in [2.05, 4.69) is 18.2 Å². The lowest BCUT2D eigenvalue weighted by molar-refractivity contribution is -0.139. The molecular formula is C28H27NO5. The molecule has 0 aromatic heterocycles. The predicted octanol–water partition coefficient (Wildman–Crippen LogP) is 5.00. The van der Waals surface area contributed by atoms with E-state index in [1.807, 2.05) is 54.3 Å². The van der Waals surface area contributed by atoms with Crippen LogP contribution in [-0.4, -0.2) is 37.3 Å². The fraction of sp³-hybridized carbons (Fsp3) is 0.286. The summed E-state index contributed by atoms with van der Waals surface area (Å²) < 4.78 is 16.3. The van der Waals surface area contributed by atoms with Crippen molar-refractivity contribution >= 4 is 12.1 Å². The molecule has 1 saturated heterocycles. The summed E-state index contributed by atoms with van der Waals surface area (Å²) in [5.41, 5.74) is 7.14. The second-order valence-electron chi connectivity index (χ2n) is 8.85. The Bertz CT molecular complexity index is 1270. The first-order valence-corrected chi connectivity index (χ1v) is 11.4. The minimum Gasteiger partial charge on any atom is -0.496 e. The highest BCUT2D eigenvalue weighted by Crippen LogP contribution is 2.44. The van der Waals surface area contributed by atoms with E-state index in [-0.39, 0.29) is 30.6 Å². The number of hydrogen-bond acceptors (Lipinski definition) is 5. The maximum absolute atomic E-state index is 12.9. The van der Waals surface area contributed by atoms with Gasteiger partial charge in [-0.1, -0.05) is 54.1 Å². The topological polar surface area (TPSA) is 65.1 Å². The van der Waals surface area contributed by atoms with Crippen LogP contribution in [0.4, 0.5) is 4.79 Å². The molecule has 1 amide bonds. The second kappa shape index (κ2) is 8.86. The number of amides is 1. The molecule has 5 rings (SSSR count). The molecule has 2 atom stereocenters. The Hall–Kier alpha value is -3.80. The summed E-state index contributed by atoms with van der Waals surface area (Å²) in [6.45, 7) is 2.45. The molecule has 1 aliphatic carbocycles. The van der Waals surface area contributed by atoms with Gasteiger partial charge in [0.25, 0.3) is 0 Å². The molecule has 0 saturated carbocycles. The molecule has 3 aromatic carbocycles. The minimum absolute atomic E-state index is 0.0929. The number of carbonyl (C=O) groups excluding carboxylic acids is 2. The first-order valence-electron chi connectivity index (χ1n) is 11.4. The number of methoxy groups -OCH3 is 2. The maximum atomic E-state index is 12.9. The van der Waals surface area contributed by atoms with Crippen LogP contribution in [-0.2, 0) is 33.7 Å². The van der Waals surface area contributed by atoms with Crippen molar-refractivity contribution in [1.29, 1.82) is 0 Å². The molecule has 1 aliphatic heterocycles. The highest BCUT2D eigenvalue weighted by Gasteiger charge is 2.47. The number of fused-ring (bicyclic) bond motifs is 3. The molecule has 0 radical (unpaired) electrons. The van der Waals surface area contributed by atoms with E-state index in [0.29, 0.717) is 12.3 Å². The molecule has 6 heteroatoms. The molecule has 0 spiro atoms. The van der Waals surface area contributed by atoms with Crippen LogP contribution in [0.25, 0.3) is 11.1 Å². The Morgan fingerprint density at radius 3 is 2.68 bits per heavy atom. The molecule has 3 aromatic rings. The van der Waals surface area contributed by atoms with Crippen molar-refractivity contribution < 1.29 is 23.8 Å². The van der Waals surface area contributed by atoms with Gasteiger partial charge in [-0.3, -0.25) is 9.69 Å². The average molecular weight is 458 g/mol. The third-order valence-electron chi connectivity index (χ3n) is 6.70. The van der Waals surface area contributed by atoms with Crippen molar-refractivity contribution in [1.82, 2.24) is 4.90 Å². The predicted molar refractivity (Wildman–Crippen MR) is 128 cm³/mol. The van der Waals surface area contributed by atoms with E-state index in [0.717, 1.165) is 39.8 Å². The third-order valence-corrected chi connectivity index (χ3v) is 6.70. The lowest BCUT2D eigenvalue weighted by Crippen LogP contribution is -2.27. The normalized spacial score (nSPS) is 18.3. The van der Waals surface area contributed by atoms with Crippen LogP contribution in [0.2, 0.25) is 0 Å². The van der Waals surface area contributed by atoms with Crippen LogP contribution in [0.3, 0.4) is 0 Å². The van der Waals surface area contributed by atoms with Gasteiger partial charge in [-0.2, -0.15) is 0 Å². The van der Waals surface area contributed by atoms with Crippen LogP contribution in [0.1, 0.15) is 33.9 Å². The van der Waals surface area contributed by atoms with Gasteiger partial charge in [0, 0.05) is 12.0 Å². The largest absolute Gasteiger partial charge is 0.496 e. The highest BCUT2D eigenvalue weighted by atomic mass is 16.6. The summed E-state index contributed by atoms with van der Waals surface area (Å²) in [5.74, 6) is 0.401. The summed E-state index contributed by atoms with van der Waals surface area (Å²) in [6.07, 6.45) is 0.473. The zero-order valence-electron chi connectivity index (χ0n) is 19.5. The fourth-order valence-electron chi connectivity index (χ4n) is 5.10. The second-order valence-corrected chi connectivity index (χ2v) is 8.85. The molecular weight excluding hydrogens is 430 g/mol. The highest BCUT2D eigenvalue weighted by molar-refractivity contribution is 5.78. The van der Waals surface area contributed by atoms with Crippen LogP contribution in [0.5, 0.6) is 5.75 Å². The van der Waals surface area contributed by atoms with Gasteiger partial charge < -0.3 is 14.2 Å². The van der Waals surface area contributed by atoms with E-state index in [1.165, 1.54) is 12.7 Å². The molecule has 2 aliphatic rings. The summed E-state index contributed by atoms with van der Waals surface area (Å²) in [4.78, 5) is 26.6. The van der Waals surface area contributed by atoms with Crippen LogP contribution >= 0.6 is 0 Å². The Kier molecular flexibility index (Phi) is 5.74. The lowest BCUT2D eigenvalue weighted by atomic mass is 9.94. The van der Waals surface area contributed by atoms with Crippen molar-refractivity contribution in [2.45, 2.75) is 38.5 Å². The van der Waals surface area contributed by atoms with Crippen LogP contribution in [0.15, 0.2) is 60.7 Å². The summed E-state index contributed by atoms with van der Waals surface area (Å²) in [6, 6.07) is 20.0. The molecule has 1 heterocycles. The van der Waals surface area contributed by atoms with E-state index < -0.39 is 0 Å². The van der Waals surface area contributed by atoms with Gasteiger partial charge in [-0.15, -0.1) is 0 Å². The summed E-state index contributed by atoms with van der Waals surface area (Å²) in [5, 5.41) is 0. The van der Waals surface area contributed by atoms with Crippen molar-refractivity contribution in [2.24, 2.45) is 0 Å². The molecule has 6 nitrogen and oxygen atoms in total. The average Bonchev–Trinajstić information content (AvgIpc) is 3.34. The zero-order chi connectivity index (χ0) is 23.8. The first kappa shape index (κ1) is 22.0. The number of ether oxygens (including phenoxy) is 3. The number of aryl methyl sites for hydroxylation is 1. The number of hydrogen-bond donors (Lipinski definition) is 0. The van der Waals surface area contributed by atoms with E-state index in [1.54, 1.807) is 7.11 Å². The first-order chi connectivity index (χ1) is 16.5. The smallest absolute Gasteiger partial charge is 0.411 e. The molecule has 174 valence electrons. The molecule has 0 bridgehead atoms. The minimum atomic E-state index is -0.300. The fourth-order valence-corrected chi connectivity index (χ4v) is 5.10. The number of benzene rings is 3. The maximum Gasteiger partial charge on any atom is 0.411 e. The van der Waals surface area contributed by atoms with Gasteiger partial charge in [-0.25, -0.2) is 4.79 Å². The molecule has 0 N–H and O–H groups in total. The molecule has 1 fully saturated rings. The van der Waals surface area contributed by atoms with E-state index in [9.17, 15) is 9.59 Å². The van der Waals surface area contributed by atoms with E-state index in [4.69, 9.17) is 14.2 Å². The van der Waals surface area contributed by atoms with Crippen LogP contribution in [0, 0.1) is 6.92 Å². The van der Waals surface area contributed by atoms with Crippen molar-refractivity contribution in [2.75, 3.05) is 14.2 Å². The van der Waals surface area contributed by atoms with Gasteiger partial charge in [0.1, 0.15) is 11.9 Å². The van der Waals surface area contributed by atoms with Gasteiger partial charge in [0.05, 0.1) is 33.2 Å². The Labute approximate surface area is 199 Å². The zero-order valence-corrected chi connectivity index (χ0v) is 19.5. The van der Waals surface area contributed by atoms with Crippen LogP contribution < -0.4 is 4.74 Å². The Balaban J connectivity index is 1.54. The van der Waals surface area contributed by atoms with E-state index >= 15 is 0 Å². The number of rotatable bonds is 6. The number of nitrogens with zero attached hydrogens (tertiary/aromatic N) is 1. The Morgan fingerprint density at radius 2 is 1.88 bits per heavy atom. The summed E-state index contributed by atoms with van der Waals surface area (Å²) in [7, 11) is 3.01. The van der Waals surface area contributed by atoms with Gasteiger partial charge in [0.15, 0.2) is 0 Å². The Morgan fingerprint density at radius 1 is 1.06 bits per heavy atom. The van der Waals surface area contributed by atoms with Crippen molar-refractivity contribution in [3.05, 3.63) is 88.5 Å². The van der Waals surface area contributed by atoms with Crippen molar-refractivity contribution in [3.8, 4) is 16.9 Å². The monoisotopic (exact) mass is 457 g/mol. The number of esters is 1. The van der Waals surface area contributed by atoms with Gasteiger partial charge >= 0.3 is 12.1 Å². The quantitative estimate of drug-likeness (QED) is 0.487. The summed E-state index contributed by atoms with van der Waals surface area (Å²) >= 11 is 0. The molecule has 34 heavy (non-hydrogen) atoms. The molecule has 0 unspecified atom stereocenters. The standard InChI is InChI=1S/C28H27NO5/c1-17-8-10-21(23-13-18(14-26(30)33-3)9-11-24(23)32-2)20(12-17)16-29-27-22-7-5-4-6-19(22)15-25(27)34-28(29)31/h4-13,25,27H,14-16H2,1-3H3/t25-,27+/m0/s1. The van der Waals surface area contributed by atoms with Gasteiger partial charge in [0.2, 0.25) is 0 Å². The third kappa shape index (κ3) is 3.89. The number of carbonyl (C=O) groups is 2. The van der Waals surface area contributed by atoms with Crippen molar-refractivity contribution in [3.63, 3.8) is 0 Å². The SMILES string of the molecule is COC(=O)Cc1ccc(OC)c(-c2ccc(C)cc2CN2C(=O)O[C@H]3Cc4ccccc4[C@H]32)c1.